The zero-order valence-electron chi connectivity index (χ0n) is 17.5. The van der Waals surface area contributed by atoms with Crippen molar-refractivity contribution in [1.82, 2.24) is 5.32 Å². The Hall–Kier alpha value is -3.15. The van der Waals surface area contributed by atoms with E-state index in [1.165, 1.54) is 0 Å². The summed E-state index contributed by atoms with van der Waals surface area (Å²) in [6.07, 6.45) is 0.842. The Bertz CT molecular complexity index is 832. The molecule has 2 rings (SSSR count). The summed E-state index contributed by atoms with van der Waals surface area (Å²) in [6.45, 7) is 3.61. The summed E-state index contributed by atoms with van der Waals surface area (Å²) in [4.78, 5) is 35.0. The number of nitrogens with one attached hydrogen (secondary N) is 1. The first-order valence-corrected chi connectivity index (χ1v) is 10.2. The lowest BCUT2D eigenvalue weighted by atomic mass is 9.95. The minimum Gasteiger partial charge on any atom is -0.481 e. The Balaban J connectivity index is 2.02. The van der Waals surface area contributed by atoms with Crippen molar-refractivity contribution in [3.8, 4) is 11.1 Å². The number of rotatable bonds is 11. The van der Waals surface area contributed by atoms with Crippen molar-refractivity contribution in [1.29, 1.82) is 0 Å². The Morgan fingerprint density at radius 3 is 2.20 bits per heavy atom. The van der Waals surface area contributed by atoms with Gasteiger partial charge in [-0.05, 0) is 36.5 Å². The van der Waals surface area contributed by atoms with Gasteiger partial charge < -0.3 is 15.2 Å². The molecule has 0 aromatic heterocycles. The second-order valence-corrected chi connectivity index (χ2v) is 7.31. The van der Waals surface area contributed by atoms with Crippen molar-refractivity contribution in [3.05, 3.63) is 60.2 Å². The van der Waals surface area contributed by atoms with E-state index in [1.807, 2.05) is 54.6 Å². The number of carboxylic acid groups (broad SMARTS) is 1. The fraction of sp³-hybridized carbons (Fsp3) is 0.375. The van der Waals surface area contributed by atoms with Crippen LogP contribution in [0.3, 0.4) is 0 Å². The van der Waals surface area contributed by atoms with Crippen LogP contribution < -0.4 is 5.32 Å². The minimum absolute atomic E-state index is 0.00660. The van der Waals surface area contributed by atoms with Crippen LogP contribution in [0.1, 0.15) is 38.7 Å². The number of carboxylic acids is 1. The maximum Gasteiger partial charge on any atom is 0.306 e. The molecule has 1 amide bonds. The van der Waals surface area contributed by atoms with Crippen LogP contribution >= 0.6 is 0 Å². The van der Waals surface area contributed by atoms with Crippen molar-refractivity contribution >= 4 is 17.8 Å². The minimum atomic E-state index is -0.903. The highest BCUT2D eigenvalue weighted by molar-refractivity contribution is 5.81. The maximum absolute atomic E-state index is 12.3. The van der Waals surface area contributed by atoms with E-state index in [0.717, 1.165) is 16.7 Å². The lowest BCUT2D eigenvalue weighted by Crippen LogP contribution is -2.38. The fourth-order valence-electron chi connectivity index (χ4n) is 3.22. The van der Waals surface area contributed by atoms with Gasteiger partial charge in [-0.25, -0.2) is 0 Å². The molecule has 6 nitrogen and oxygen atoms in total. The predicted octanol–water partition coefficient (Wildman–Crippen LogP) is 3.84. The van der Waals surface area contributed by atoms with Gasteiger partial charge in [-0.1, -0.05) is 61.5 Å². The maximum atomic E-state index is 12.3. The van der Waals surface area contributed by atoms with Gasteiger partial charge in [0.1, 0.15) is 0 Å². The fourth-order valence-corrected chi connectivity index (χ4v) is 3.22. The SMILES string of the molecule is CCOC(=O)CCC(=O)N[C@H](Cc1ccc(-c2ccccc2)cc1)C[C@@H](C)C(=O)O. The molecule has 0 saturated heterocycles. The molecule has 2 aromatic carbocycles. The van der Waals surface area contributed by atoms with Crippen molar-refractivity contribution in [2.45, 2.75) is 45.6 Å². The van der Waals surface area contributed by atoms with Gasteiger partial charge in [0.05, 0.1) is 18.9 Å². The van der Waals surface area contributed by atoms with E-state index in [2.05, 4.69) is 5.32 Å². The van der Waals surface area contributed by atoms with E-state index >= 15 is 0 Å². The van der Waals surface area contributed by atoms with Crippen LogP contribution in [0, 0.1) is 5.92 Å². The third kappa shape index (κ3) is 7.70. The lowest BCUT2D eigenvalue weighted by Gasteiger charge is -2.21. The van der Waals surface area contributed by atoms with Crippen molar-refractivity contribution in [3.63, 3.8) is 0 Å². The van der Waals surface area contributed by atoms with Crippen LogP contribution in [0.4, 0.5) is 0 Å². The van der Waals surface area contributed by atoms with E-state index in [1.54, 1.807) is 13.8 Å². The summed E-state index contributed by atoms with van der Waals surface area (Å²) in [5.41, 5.74) is 3.21. The van der Waals surface area contributed by atoms with Gasteiger partial charge in [-0.2, -0.15) is 0 Å². The Morgan fingerprint density at radius 2 is 1.60 bits per heavy atom. The van der Waals surface area contributed by atoms with Crippen LogP contribution in [0.25, 0.3) is 11.1 Å². The smallest absolute Gasteiger partial charge is 0.306 e. The molecule has 30 heavy (non-hydrogen) atoms. The summed E-state index contributed by atoms with van der Waals surface area (Å²) in [5.74, 6) is -2.20. The highest BCUT2D eigenvalue weighted by atomic mass is 16.5. The second kappa shape index (κ2) is 11.8. The number of hydrogen-bond acceptors (Lipinski definition) is 4. The molecule has 0 radical (unpaired) electrons. The molecule has 0 saturated carbocycles. The first-order valence-electron chi connectivity index (χ1n) is 10.2. The van der Waals surface area contributed by atoms with E-state index in [9.17, 15) is 19.5 Å². The quantitative estimate of drug-likeness (QED) is 0.548. The Morgan fingerprint density at radius 1 is 0.967 bits per heavy atom. The summed E-state index contributed by atoms with van der Waals surface area (Å²) >= 11 is 0. The summed E-state index contributed by atoms with van der Waals surface area (Å²) < 4.78 is 4.84. The molecule has 0 aliphatic carbocycles. The molecule has 2 atom stereocenters. The van der Waals surface area contributed by atoms with E-state index in [-0.39, 0.29) is 31.4 Å². The van der Waals surface area contributed by atoms with Crippen molar-refractivity contribution in [2.75, 3.05) is 6.61 Å². The van der Waals surface area contributed by atoms with Gasteiger partial charge in [-0.15, -0.1) is 0 Å². The van der Waals surface area contributed by atoms with Gasteiger partial charge in [-0.3, -0.25) is 14.4 Å². The number of aliphatic carboxylic acids is 1. The zero-order chi connectivity index (χ0) is 21.9. The third-order valence-corrected chi connectivity index (χ3v) is 4.83. The molecule has 160 valence electrons. The molecule has 0 bridgehead atoms. The normalized spacial score (nSPS) is 12.6. The number of ether oxygens (including phenoxy) is 1. The number of amides is 1. The largest absolute Gasteiger partial charge is 0.481 e. The van der Waals surface area contributed by atoms with Crippen molar-refractivity contribution in [2.24, 2.45) is 5.92 Å². The average Bonchev–Trinajstić information content (AvgIpc) is 2.73. The molecule has 0 unspecified atom stereocenters. The van der Waals surface area contributed by atoms with E-state index in [0.29, 0.717) is 12.8 Å². The number of carbonyl (C=O) groups is 3. The summed E-state index contributed by atoms with van der Waals surface area (Å²) in [7, 11) is 0. The van der Waals surface area contributed by atoms with Crippen molar-refractivity contribution < 1.29 is 24.2 Å². The van der Waals surface area contributed by atoms with Crippen LogP contribution in [-0.2, 0) is 25.5 Å². The molecule has 0 aliphatic rings. The highest BCUT2D eigenvalue weighted by Crippen LogP contribution is 2.20. The standard InChI is InChI=1S/C24H29NO5/c1-3-30-23(27)14-13-22(26)25-21(15-17(2)24(28)29)16-18-9-11-20(12-10-18)19-7-5-4-6-8-19/h4-12,17,21H,3,13-16H2,1-2H3,(H,25,26)(H,28,29)/t17-,21+/m1/s1. The van der Waals surface area contributed by atoms with Gasteiger partial charge in [0, 0.05) is 12.5 Å². The molecule has 0 heterocycles. The topological polar surface area (TPSA) is 92.7 Å². The lowest BCUT2D eigenvalue weighted by molar-refractivity contribution is -0.144. The number of esters is 1. The molecular formula is C24H29NO5. The molecule has 2 N–H and O–H groups in total. The van der Waals surface area contributed by atoms with Gasteiger partial charge in [0.15, 0.2) is 0 Å². The molecular weight excluding hydrogens is 382 g/mol. The van der Waals surface area contributed by atoms with Gasteiger partial charge in [0.25, 0.3) is 0 Å². The van der Waals surface area contributed by atoms with E-state index < -0.39 is 17.9 Å². The van der Waals surface area contributed by atoms with Crippen LogP contribution in [-0.4, -0.2) is 35.6 Å². The Kier molecular flexibility index (Phi) is 9.06. The molecule has 2 aromatic rings. The van der Waals surface area contributed by atoms with Gasteiger partial charge in [0.2, 0.25) is 5.91 Å². The van der Waals surface area contributed by atoms with Crippen LogP contribution in [0.5, 0.6) is 0 Å². The summed E-state index contributed by atoms with van der Waals surface area (Å²) in [5, 5.41) is 12.1. The van der Waals surface area contributed by atoms with Crippen LogP contribution in [0.2, 0.25) is 0 Å². The highest BCUT2D eigenvalue weighted by Gasteiger charge is 2.21. The van der Waals surface area contributed by atoms with E-state index in [4.69, 9.17) is 4.74 Å². The number of hydrogen-bond donors (Lipinski definition) is 2. The average molecular weight is 411 g/mol. The molecule has 0 aliphatic heterocycles. The van der Waals surface area contributed by atoms with Gasteiger partial charge >= 0.3 is 11.9 Å². The first kappa shape index (κ1) is 23.1. The molecule has 0 fully saturated rings. The van der Waals surface area contributed by atoms with Crippen LogP contribution in [0.15, 0.2) is 54.6 Å². The third-order valence-electron chi connectivity index (χ3n) is 4.83. The number of benzene rings is 2. The predicted molar refractivity (Wildman–Crippen MR) is 115 cm³/mol. The monoisotopic (exact) mass is 411 g/mol. The summed E-state index contributed by atoms with van der Waals surface area (Å²) in [6, 6.07) is 17.7. The zero-order valence-corrected chi connectivity index (χ0v) is 17.5. The first-order chi connectivity index (χ1) is 14.4. The Labute approximate surface area is 177 Å². The molecule has 6 heteroatoms. The molecule has 0 spiro atoms. The second-order valence-electron chi connectivity index (χ2n) is 7.31. The number of carbonyl (C=O) groups excluding carboxylic acids is 2.